The van der Waals surface area contributed by atoms with E-state index < -0.39 is 6.10 Å². The average molecular weight is 245 g/mol. The molecule has 1 heterocycles. The van der Waals surface area contributed by atoms with E-state index in [1.54, 1.807) is 0 Å². The minimum Gasteiger partial charge on any atom is -0.387 e. The lowest BCUT2D eigenvalue weighted by Gasteiger charge is -2.13. The molecule has 2 rings (SSSR count). The van der Waals surface area contributed by atoms with Crippen molar-refractivity contribution in [2.75, 3.05) is 11.9 Å². The number of aryl methyl sites for hydroxylation is 2. The smallest absolute Gasteiger partial charge is 0.0962 e. The highest BCUT2D eigenvalue weighted by Crippen LogP contribution is 2.20. The molecule has 0 unspecified atom stereocenters. The van der Waals surface area contributed by atoms with E-state index in [0.29, 0.717) is 6.54 Å². The number of nitrogens with one attached hydrogen (secondary N) is 1. The molecule has 0 aliphatic heterocycles. The summed E-state index contributed by atoms with van der Waals surface area (Å²) in [7, 11) is 1.92. The van der Waals surface area contributed by atoms with Crippen LogP contribution in [0.5, 0.6) is 0 Å². The third-order valence-electron chi connectivity index (χ3n) is 3.17. The summed E-state index contributed by atoms with van der Waals surface area (Å²) in [5.41, 5.74) is 3.96. The Hall–Kier alpha value is -1.81. The van der Waals surface area contributed by atoms with E-state index in [0.717, 1.165) is 22.6 Å². The highest BCUT2D eigenvalue weighted by molar-refractivity contribution is 5.52. The molecular weight excluding hydrogens is 226 g/mol. The molecule has 4 heteroatoms. The molecule has 2 N–H and O–H groups in total. The quantitative estimate of drug-likeness (QED) is 0.868. The number of benzene rings is 1. The molecular formula is C14H19N3O. The first kappa shape index (κ1) is 12.6. The van der Waals surface area contributed by atoms with Crippen LogP contribution in [0.15, 0.2) is 30.3 Å². The van der Waals surface area contributed by atoms with Gasteiger partial charge < -0.3 is 10.4 Å². The molecule has 0 aliphatic carbocycles. The fraction of sp³-hybridized carbons (Fsp3) is 0.357. The Labute approximate surface area is 107 Å². The van der Waals surface area contributed by atoms with Crippen molar-refractivity contribution >= 4 is 5.69 Å². The molecule has 0 saturated carbocycles. The van der Waals surface area contributed by atoms with Gasteiger partial charge in [-0.25, -0.2) is 0 Å². The van der Waals surface area contributed by atoms with E-state index in [9.17, 15) is 5.11 Å². The molecule has 96 valence electrons. The summed E-state index contributed by atoms with van der Waals surface area (Å²) in [5.74, 6) is 0. The van der Waals surface area contributed by atoms with Gasteiger partial charge in [0.1, 0.15) is 0 Å². The second-order valence-electron chi connectivity index (χ2n) is 4.48. The average Bonchev–Trinajstić information content (AvgIpc) is 2.62. The van der Waals surface area contributed by atoms with Crippen LogP contribution >= 0.6 is 0 Å². The summed E-state index contributed by atoms with van der Waals surface area (Å²) < 4.78 is 1.84. The van der Waals surface area contributed by atoms with E-state index >= 15 is 0 Å². The molecule has 2 aromatic rings. The van der Waals surface area contributed by atoms with Gasteiger partial charge in [-0.15, -0.1) is 0 Å². The Morgan fingerprint density at radius 1 is 1.28 bits per heavy atom. The molecule has 0 spiro atoms. The summed E-state index contributed by atoms with van der Waals surface area (Å²) in [4.78, 5) is 0. The van der Waals surface area contributed by atoms with Crippen molar-refractivity contribution in [1.82, 2.24) is 9.78 Å². The van der Waals surface area contributed by atoms with Gasteiger partial charge in [0.05, 0.1) is 23.2 Å². The summed E-state index contributed by atoms with van der Waals surface area (Å²) in [6, 6.07) is 9.65. The van der Waals surface area contributed by atoms with Crippen LogP contribution in [0.4, 0.5) is 5.69 Å². The molecule has 0 fully saturated rings. The maximum absolute atomic E-state index is 10.1. The van der Waals surface area contributed by atoms with Crippen molar-refractivity contribution in [1.29, 1.82) is 0 Å². The highest BCUT2D eigenvalue weighted by Gasteiger charge is 2.11. The molecule has 4 nitrogen and oxygen atoms in total. The van der Waals surface area contributed by atoms with Crippen LogP contribution in [0.2, 0.25) is 0 Å². The number of hydrogen-bond acceptors (Lipinski definition) is 3. The molecule has 1 atom stereocenters. The molecule has 18 heavy (non-hydrogen) atoms. The van der Waals surface area contributed by atoms with Gasteiger partial charge in [-0.05, 0) is 19.4 Å². The van der Waals surface area contributed by atoms with Crippen LogP contribution in [-0.4, -0.2) is 21.4 Å². The first-order valence-corrected chi connectivity index (χ1v) is 6.06. The van der Waals surface area contributed by atoms with Gasteiger partial charge in [0, 0.05) is 13.6 Å². The maximum Gasteiger partial charge on any atom is 0.0962 e. The lowest BCUT2D eigenvalue weighted by atomic mass is 10.1. The predicted octanol–water partition coefficient (Wildman–Crippen LogP) is 2.18. The molecule has 0 radical (unpaired) electrons. The van der Waals surface area contributed by atoms with E-state index in [1.807, 2.05) is 55.9 Å². The van der Waals surface area contributed by atoms with E-state index in [2.05, 4.69) is 10.4 Å². The second-order valence-corrected chi connectivity index (χ2v) is 4.48. The number of hydrogen-bond donors (Lipinski definition) is 2. The zero-order valence-corrected chi connectivity index (χ0v) is 11.0. The minimum atomic E-state index is -0.509. The Bertz CT molecular complexity index is 519. The van der Waals surface area contributed by atoms with Crippen molar-refractivity contribution in [2.24, 2.45) is 7.05 Å². The van der Waals surface area contributed by atoms with Gasteiger partial charge in [-0.3, -0.25) is 4.68 Å². The zero-order valence-electron chi connectivity index (χ0n) is 11.0. The summed E-state index contributed by atoms with van der Waals surface area (Å²) >= 11 is 0. The Balaban J connectivity index is 2.04. The maximum atomic E-state index is 10.1. The van der Waals surface area contributed by atoms with Gasteiger partial charge in [0.25, 0.3) is 0 Å². The number of nitrogens with zero attached hydrogens (tertiary/aromatic N) is 2. The van der Waals surface area contributed by atoms with Gasteiger partial charge in [0.15, 0.2) is 0 Å². The fourth-order valence-electron chi connectivity index (χ4n) is 2.02. The molecule has 0 saturated heterocycles. The number of anilines is 1. The van der Waals surface area contributed by atoms with E-state index in [1.165, 1.54) is 0 Å². The first-order chi connectivity index (χ1) is 8.59. The molecule has 0 aliphatic rings. The van der Waals surface area contributed by atoms with Crippen molar-refractivity contribution in [3.63, 3.8) is 0 Å². The van der Waals surface area contributed by atoms with Gasteiger partial charge in [-0.2, -0.15) is 5.10 Å². The van der Waals surface area contributed by atoms with Gasteiger partial charge >= 0.3 is 0 Å². The number of aliphatic hydroxyl groups excluding tert-OH is 1. The second kappa shape index (κ2) is 5.23. The first-order valence-electron chi connectivity index (χ1n) is 6.06. The molecule has 0 bridgehead atoms. The van der Waals surface area contributed by atoms with Gasteiger partial charge in [-0.1, -0.05) is 30.3 Å². The standard InChI is InChI=1S/C14H19N3O/c1-10-14(11(2)17(3)16-10)15-9-13(18)12-7-5-4-6-8-12/h4-8,13,15,18H,9H2,1-3H3/t13-/m1/s1. The van der Waals surface area contributed by atoms with E-state index in [4.69, 9.17) is 0 Å². The van der Waals surface area contributed by atoms with Crippen LogP contribution in [0.25, 0.3) is 0 Å². The van der Waals surface area contributed by atoms with Crippen LogP contribution in [0.3, 0.4) is 0 Å². The third-order valence-corrected chi connectivity index (χ3v) is 3.17. The summed E-state index contributed by atoms with van der Waals surface area (Å²) in [5, 5.41) is 17.7. The van der Waals surface area contributed by atoms with Crippen molar-refractivity contribution in [2.45, 2.75) is 20.0 Å². The van der Waals surface area contributed by atoms with Crippen molar-refractivity contribution in [3.8, 4) is 0 Å². The molecule has 1 aromatic carbocycles. The summed E-state index contributed by atoms with van der Waals surface area (Å²) in [6.45, 7) is 4.46. The Morgan fingerprint density at radius 3 is 2.50 bits per heavy atom. The topological polar surface area (TPSA) is 50.1 Å². The van der Waals surface area contributed by atoms with E-state index in [-0.39, 0.29) is 0 Å². The molecule has 1 aromatic heterocycles. The number of aromatic nitrogens is 2. The zero-order chi connectivity index (χ0) is 13.1. The van der Waals surface area contributed by atoms with Crippen LogP contribution in [0.1, 0.15) is 23.1 Å². The van der Waals surface area contributed by atoms with Gasteiger partial charge in [0.2, 0.25) is 0 Å². The number of rotatable bonds is 4. The van der Waals surface area contributed by atoms with Crippen molar-refractivity contribution < 1.29 is 5.11 Å². The monoisotopic (exact) mass is 245 g/mol. The van der Waals surface area contributed by atoms with Crippen molar-refractivity contribution in [3.05, 3.63) is 47.3 Å². The minimum absolute atomic E-state index is 0.484. The lowest BCUT2D eigenvalue weighted by Crippen LogP contribution is -2.13. The fourth-order valence-corrected chi connectivity index (χ4v) is 2.02. The van der Waals surface area contributed by atoms with Crippen LogP contribution in [0, 0.1) is 13.8 Å². The predicted molar refractivity (Wildman–Crippen MR) is 72.6 cm³/mol. The lowest BCUT2D eigenvalue weighted by molar-refractivity contribution is 0.191. The Kier molecular flexibility index (Phi) is 3.67. The largest absolute Gasteiger partial charge is 0.387 e. The number of aliphatic hydroxyl groups is 1. The third kappa shape index (κ3) is 2.54. The van der Waals surface area contributed by atoms with Crippen LogP contribution < -0.4 is 5.32 Å². The Morgan fingerprint density at radius 2 is 1.94 bits per heavy atom. The SMILES string of the molecule is Cc1nn(C)c(C)c1NC[C@@H](O)c1ccccc1. The highest BCUT2D eigenvalue weighted by atomic mass is 16.3. The molecule has 0 amide bonds. The normalized spacial score (nSPS) is 12.4. The summed E-state index contributed by atoms with van der Waals surface area (Å²) in [6.07, 6.45) is -0.509. The van der Waals surface area contributed by atoms with Crippen LogP contribution in [-0.2, 0) is 7.05 Å².